The molecule has 1 heterocycles. The third kappa shape index (κ3) is 3.07. The van der Waals surface area contributed by atoms with Crippen LogP contribution in [0.15, 0.2) is 34.9 Å². The van der Waals surface area contributed by atoms with Crippen molar-refractivity contribution in [3.05, 3.63) is 46.1 Å². The summed E-state index contributed by atoms with van der Waals surface area (Å²) in [6, 6.07) is 8.36. The summed E-state index contributed by atoms with van der Waals surface area (Å²) in [5, 5.41) is 3.32. The average Bonchev–Trinajstić information content (AvgIpc) is 2.40. The Balaban J connectivity index is 2.31. The first-order valence-electron chi connectivity index (χ1n) is 6.26. The predicted octanol–water partition coefficient (Wildman–Crippen LogP) is 4.60. The van der Waals surface area contributed by atoms with Crippen molar-refractivity contribution in [2.45, 2.75) is 26.7 Å². The number of nitrogens with two attached hydrogens (primary N) is 1. The van der Waals surface area contributed by atoms with E-state index in [0.717, 1.165) is 21.5 Å². The standard InChI is InChI=1S/C15H18BrN3/c1-9(2)11-5-4-6-12(7-11)19-15-14(16)10(3)13(17)8-18-15/h4-9H,17H2,1-3H3,(H,18,19). The summed E-state index contributed by atoms with van der Waals surface area (Å²) in [7, 11) is 0. The second-order valence-electron chi connectivity index (χ2n) is 4.91. The molecule has 100 valence electrons. The molecular weight excluding hydrogens is 302 g/mol. The molecule has 0 aliphatic rings. The number of nitrogen functional groups attached to an aromatic ring is 1. The fourth-order valence-electron chi connectivity index (χ4n) is 1.79. The molecule has 0 atom stereocenters. The first kappa shape index (κ1) is 13.9. The van der Waals surface area contributed by atoms with E-state index in [9.17, 15) is 0 Å². The zero-order valence-corrected chi connectivity index (χ0v) is 13.0. The van der Waals surface area contributed by atoms with Gasteiger partial charge >= 0.3 is 0 Å². The van der Waals surface area contributed by atoms with Crippen LogP contribution in [0.5, 0.6) is 0 Å². The van der Waals surface area contributed by atoms with Gasteiger partial charge in [-0.05, 0) is 52.0 Å². The molecule has 0 aliphatic heterocycles. The Hall–Kier alpha value is -1.55. The summed E-state index contributed by atoms with van der Waals surface area (Å²) in [5.41, 5.74) is 9.84. The number of benzene rings is 1. The maximum absolute atomic E-state index is 5.83. The summed E-state index contributed by atoms with van der Waals surface area (Å²) >= 11 is 3.53. The van der Waals surface area contributed by atoms with E-state index in [2.05, 4.69) is 58.3 Å². The van der Waals surface area contributed by atoms with Gasteiger partial charge < -0.3 is 11.1 Å². The van der Waals surface area contributed by atoms with Crippen LogP contribution in [0.4, 0.5) is 17.2 Å². The molecule has 3 nitrogen and oxygen atoms in total. The molecule has 0 unspecified atom stereocenters. The lowest BCUT2D eigenvalue weighted by molar-refractivity contribution is 0.867. The Bertz CT molecular complexity index is 594. The smallest absolute Gasteiger partial charge is 0.145 e. The number of hydrogen-bond donors (Lipinski definition) is 2. The van der Waals surface area contributed by atoms with Gasteiger partial charge in [-0.15, -0.1) is 0 Å². The van der Waals surface area contributed by atoms with Crippen molar-refractivity contribution in [1.82, 2.24) is 4.98 Å². The predicted molar refractivity (Wildman–Crippen MR) is 84.9 cm³/mol. The van der Waals surface area contributed by atoms with Crippen LogP contribution in [0.3, 0.4) is 0 Å². The van der Waals surface area contributed by atoms with E-state index in [1.54, 1.807) is 6.20 Å². The van der Waals surface area contributed by atoms with Gasteiger partial charge in [-0.3, -0.25) is 0 Å². The van der Waals surface area contributed by atoms with Gasteiger partial charge in [0.2, 0.25) is 0 Å². The Kier molecular flexibility index (Phi) is 4.10. The van der Waals surface area contributed by atoms with Gasteiger partial charge in [0.05, 0.1) is 16.4 Å². The second kappa shape index (κ2) is 5.61. The van der Waals surface area contributed by atoms with Gasteiger partial charge in [0.1, 0.15) is 5.82 Å². The number of aromatic nitrogens is 1. The summed E-state index contributed by atoms with van der Waals surface area (Å²) in [4.78, 5) is 4.33. The van der Waals surface area contributed by atoms with Crippen molar-refractivity contribution in [2.24, 2.45) is 0 Å². The summed E-state index contributed by atoms with van der Waals surface area (Å²) < 4.78 is 0.905. The SMILES string of the molecule is Cc1c(N)cnc(Nc2cccc(C(C)C)c2)c1Br. The van der Waals surface area contributed by atoms with Crippen molar-refractivity contribution in [2.75, 3.05) is 11.1 Å². The lowest BCUT2D eigenvalue weighted by Crippen LogP contribution is -2.00. The van der Waals surface area contributed by atoms with E-state index in [1.165, 1.54) is 5.56 Å². The van der Waals surface area contributed by atoms with Gasteiger partial charge in [-0.2, -0.15) is 0 Å². The second-order valence-corrected chi connectivity index (χ2v) is 5.70. The van der Waals surface area contributed by atoms with Crippen molar-refractivity contribution < 1.29 is 0 Å². The number of hydrogen-bond acceptors (Lipinski definition) is 3. The van der Waals surface area contributed by atoms with Crippen LogP contribution in [0.25, 0.3) is 0 Å². The molecule has 2 rings (SSSR count). The summed E-state index contributed by atoms with van der Waals surface area (Å²) in [6.07, 6.45) is 1.68. The molecule has 0 spiro atoms. The number of rotatable bonds is 3. The zero-order chi connectivity index (χ0) is 14.0. The normalized spacial score (nSPS) is 10.8. The molecule has 0 saturated carbocycles. The van der Waals surface area contributed by atoms with Crippen molar-refractivity contribution in [3.63, 3.8) is 0 Å². The zero-order valence-electron chi connectivity index (χ0n) is 11.4. The third-order valence-corrected chi connectivity index (χ3v) is 4.09. The summed E-state index contributed by atoms with van der Waals surface area (Å²) in [5.74, 6) is 1.29. The molecule has 0 fully saturated rings. The van der Waals surface area contributed by atoms with E-state index in [-0.39, 0.29) is 0 Å². The van der Waals surface area contributed by atoms with Crippen LogP contribution < -0.4 is 11.1 Å². The first-order valence-corrected chi connectivity index (χ1v) is 7.06. The summed E-state index contributed by atoms with van der Waals surface area (Å²) in [6.45, 7) is 6.33. The molecule has 2 aromatic rings. The van der Waals surface area contributed by atoms with Gasteiger partial charge in [0, 0.05) is 5.69 Å². The molecule has 4 heteroatoms. The minimum atomic E-state index is 0.506. The first-order chi connectivity index (χ1) is 8.99. The highest BCUT2D eigenvalue weighted by Gasteiger charge is 2.08. The highest BCUT2D eigenvalue weighted by molar-refractivity contribution is 9.10. The monoisotopic (exact) mass is 319 g/mol. The largest absolute Gasteiger partial charge is 0.397 e. The lowest BCUT2D eigenvalue weighted by atomic mass is 10.0. The van der Waals surface area contributed by atoms with Crippen LogP contribution in [-0.2, 0) is 0 Å². The minimum Gasteiger partial charge on any atom is -0.397 e. The van der Waals surface area contributed by atoms with E-state index in [4.69, 9.17) is 5.73 Å². The molecule has 0 saturated heterocycles. The number of nitrogens with one attached hydrogen (secondary N) is 1. The maximum atomic E-state index is 5.83. The lowest BCUT2D eigenvalue weighted by Gasteiger charge is -2.12. The number of pyridine rings is 1. The van der Waals surface area contributed by atoms with Crippen molar-refractivity contribution in [3.8, 4) is 0 Å². The molecule has 1 aromatic carbocycles. The topological polar surface area (TPSA) is 50.9 Å². The maximum Gasteiger partial charge on any atom is 0.145 e. The third-order valence-electron chi connectivity index (χ3n) is 3.12. The number of anilines is 3. The molecule has 0 aliphatic carbocycles. The van der Waals surface area contributed by atoms with Crippen LogP contribution in [-0.4, -0.2) is 4.98 Å². The van der Waals surface area contributed by atoms with E-state index < -0.39 is 0 Å². The highest BCUT2D eigenvalue weighted by Crippen LogP contribution is 2.30. The van der Waals surface area contributed by atoms with E-state index in [1.807, 2.05) is 13.0 Å². The van der Waals surface area contributed by atoms with Gasteiger partial charge in [0.25, 0.3) is 0 Å². The van der Waals surface area contributed by atoms with Gasteiger partial charge in [-0.25, -0.2) is 4.98 Å². The number of nitrogens with zero attached hydrogens (tertiary/aromatic N) is 1. The van der Waals surface area contributed by atoms with Crippen molar-refractivity contribution in [1.29, 1.82) is 0 Å². The van der Waals surface area contributed by atoms with Gasteiger partial charge in [-0.1, -0.05) is 26.0 Å². The van der Waals surface area contributed by atoms with Crippen LogP contribution in [0.1, 0.15) is 30.9 Å². The fourth-order valence-corrected chi connectivity index (χ4v) is 2.22. The van der Waals surface area contributed by atoms with Crippen LogP contribution in [0, 0.1) is 6.92 Å². The van der Waals surface area contributed by atoms with Crippen LogP contribution >= 0.6 is 15.9 Å². The Morgan fingerprint density at radius 3 is 2.74 bits per heavy atom. The highest BCUT2D eigenvalue weighted by atomic mass is 79.9. The Morgan fingerprint density at radius 2 is 2.05 bits per heavy atom. The fraction of sp³-hybridized carbons (Fsp3) is 0.267. The van der Waals surface area contributed by atoms with Crippen molar-refractivity contribution >= 4 is 33.1 Å². The molecule has 19 heavy (non-hydrogen) atoms. The Labute approximate surface area is 122 Å². The quantitative estimate of drug-likeness (QED) is 0.869. The van der Waals surface area contributed by atoms with Crippen LogP contribution in [0.2, 0.25) is 0 Å². The van der Waals surface area contributed by atoms with E-state index >= 15 is 0 Å². The average molecular weight is 320 g/mol. The minimum absolute atomic E-state index is 0.506. The molecule has 1 aromatic heterocycles. The molecule has 0 radical (unpaired) electrons. The van der Waals surface area contributed by atoms with Gasteiger partial charge in [0.15, 0.2) is 0 Å². The number of halogens is 1. The Morgan fingerprint density at radius 1 is 1.32 bits per heavy atom. The molecular formula is C15H18BrN3. The molecule has 3 N–H and O–H groups in total. The molecule has 0 amide bonds. The molecule has 0 bridgehead atoms. The van der Waals surface area contributed by atoms with E-state index in [0.29, 0.717) is 11.6 Å².